The number of aromatic hydroxyl groups is 1. The Labute approximate surface area is 162 Å². The summed E-state index contributed by atoms with van der Waals surface area (Å²) in [7, 11) is 2.16. The van der Waals surface area contributed by atoms with Gasteiger partial charge in [0.05, 0.1) is 5.56 Å². The topological polar surface area (TPSA) is 67.2 Å². The monoisotopic (exact) mass is 375 g/mol. The highest BCUT2D eigenvalue weighted by atomic mass is 16.3. The second-order valence-electron chi connectivity index (χ2n) is 8.09. The molecule has 0 aliphatic carbocycles. The van der Waals surface area contributed by atoms with Gasteiger partial charge in [0.15, 0.2) is 0 Å². The number of piperidine rings is 1. The van der Waals surface area contributed by atoms with E-state index in [1.54, 1.807) is 12.1 Å². The number of aliphatic hydroxyl groups excluding tert-OH is 1. The number of likely N-dealkylation sites (N-methyl/N-ethyl adjacent to an activating group) is 1. The number of hydrogen-bond acceptors (Lipinski definition) is 5. The van der Waals surface area contributed by atoms with Crippen LogP contribution in [0.4, 0.5) is 0 Å². The van der Waals surface area contributed by atoms with Crippen LogP contribution < -0.4 is 0 Å². The Balaban J connectivity index is 1.71. The van der Waals surface area contributed by atoms with E-state index in [9.17, 15) is 15.0 Å². The standard InChI is InChI=1S/C21H33N3O3/c1-16-5-6-20(26)18(14-16)21(27)24-8-7-19(17(15-24)4-3-13-25)23-11-9-22(2)10-12-23/h5-6,14,17,19,25-26H,3-4,7-13,15H2,1-2H3/t17-,19+/m1/s1. The molecule has 27 heavy (non-hydrogen) atoms. The molecule has 6 nitrogen and oxygen atoms in total. The van der Waals surface area contributed by atoms with Crippen molar-refractivity contribution in [3.05, 3.63) is 29.3 Å². The number of piperazine rings is 1. The van der Waals surface area contributed by atoms with Crippen LogP contribution in [0.15, 0.2) is 18.2 Å². The van der Waals surface area contributed by atoms with Crippen molar-refractivity contribution in [2.24, 2.45) is 5.92 Å². The fraction of sp³-hybridized carbons (Fsp3) is 0.667. The molecule has 0 unspecified atom stereocenters. The minimum absolute atomic E-state index is 0.0544. The SMILES string of the molecule is Cc1ccc(O)c(C(=O)N2CC[C@H](N3CCN(C)CC3)[C@H](CCCO)C2)c1. The van der Waals surface area contributed by atoms with Gasteiger partial charge in [-0.2, -0.15) is 0 Å². The summed E-state index contributed by atoms with van der Waals surface area (Å²) in [6.45, 7) is 7.86. The highest BCUT2D eigenvalue weighted by Gasteiger charge is 2.36. The molecule has 1 aromatic rings. The van der Waals surface area contributed by atoms with Crippen molar-refractivity contribution in [3.8, 4) is 5.75 Å². The van der Waals surface area contributed by atoms with Crippen molar-refractivity contribution in [1.29, 1.82) is 0 Å². The second-order valence-corrected chi connectivity index (χ2v) is 8.09. The minimum Gasteiger partial charge on any atom is -0.507 e. The Morgan fingerprint density at radius 2 is 1.93 bits per heavy atom. The molecule has 2 heterocycles. The lowest BCUT2D eigenvalue weighted by atomic mass is 9.86. The van der Waals surface area contributed by atoms with Crippen LogP contribution in [-0.4, -0.2) is 89.8 Å². The van der Waals surface area contributed by atoms with Crippen molar-refractivity contribution >= 4 is 5.91 Å². The Morgan fingerprint density at radius 1 is 1.19 bits per heavy atom. The van der Waals surface area contributed by atoms with Gasteiger partial charge in [0, 0.05) is 51.9 Å². The zero-order chi connectivity index (χ0) is 19.4. The Hall–Kier alpha value is -1.63. The quantitative estimate of drug-likeness (QED) is 0.817. The lowest BCUT2D eigenvalue weighted by molar-refractivity contribution is 0.0216. The van der Waals surface area contributed by atoms with Crippen LogP contribution >= 0.6 is 0 Å². The van der Waals surface area contributed by atoms with Gasteiger partial charge in [0.1, 0.15) is 5.75 Å². The van der Waals surface area contributed by atoms with Crippen LogP contribution in [0, 0.1) is 12.8 Å². The van der Waals surface area contributed by atoms with Crippen LogP contribution in [-0.2, 0) is 0 Å². The maximum atomic E-state index is 13.0. The molecule has 3 rings (SSSR count). The second kappa shape index (κ2) is 9.04. The number of aliphatic hydroxyl groups is 1. The average molecular weight is 376 g/mol. The number of likely N-dealkylation sites (tertiary alicyclic amines) is 1. The first-order valence-electron chi connectivity index (χ1n) is 10.1. The van der Waals surface area contributed by atoms with Gasteiger partial charge in [0.2, 0.25) is 0 Å². The van der Waals surface area contributed by atoms with E-state index in [1.807, 2.05) is 17.9 Å². The lowest BCUT2D eigenvalue weighted by Crippen LogP contribution is -2.56. The van der Waals surface area contributed by atoms with Gasteiger partial charge in [-0.15, -0.1) is 0 Å². The number of nitrogens with zero attached hydrogens (tertiary/aromatic N) is 3. The van der Waals surface area contributed by atoms with Crippen molar-refractivity contribution < 1.29 is 15.0 Å². The summed E-state index contributed by atoms with van der Waals surface area (Å²) in [4.78, 5) is 19.8. The van der Waals surface area contributed by atoms with Gasteiger partial charge in [-0.3, -0.25) is 9.69 Å². The number of phenols is 1. The molecule has 0 aromatic heterocycles. The Kier molecular flexibility index (Phi) is 6.73. The summed E-state index contributed by atoms with van der Waals surface area (Å²) in [5.41, 5.74) is 1.37. The summed E-state index contributed by atoms with van der Waals surface area (Å²) in [6.07, 6.45) is 2.65. The number of carbonyl (C=O) groups excluding carboxylic acids is 1. The number of amides is 1. The number of hydrogen-bond donors (Lipinski definition) is 2. The highest BCUT2D eigenvalue weighted by Crippen LogP contribution is 2.29. The van der Waals surface area contributed by atoms with Gasteiger partial charge in [-0.05, 0) is 51.3 Å². The number of benzene rings is 1. The molecule has 2 fully saturated rings. The minimum atomic E-state index is -0.0815. The number of phenolic OH excluding ortho intramolecular Hbond substituents is 1. The fourth-order valence-corrected chi connectivity index (χ4v) is 4.47. The molecular weight excluding hydrogens is 342 g/mol. The van der Waals surface area contributed by atoms with E-state index in [2.05, 4.69) is 16.8 Å². The first-order chi connectivity index (χ1) is 13.0. The van der Waals surface area contributed by atoms with E-state index in [-0.39, 0.29) is 18.3 Å². The van der Waals surface area contributed by atoms with Gasteiger partial charge in [-0.25, -0.2) is 0 Å². The van der Waals surface area contributed by atoms with Crippen LogP contribution in [0.1, 0.15) is 35.2 Å². The first kappa shape index (κ1) is 20.1. The molecule has 2 N–H and O–H groups in total. The third kappa shape index (κ3) is 4.81. The summed E-state index contributed by atoms with van der Waals surface area (Å²) >= 11 is 0. The zero-order valence-electron chi connectivity index (χ0n) is 16.6. The molecule has 2 atom stereocenters. The van der Waals surface area contributed by atoms with Crippen molar-refractivity contribution in [2.45, 2.75) is 32.2 Å². The van der Waals surface area contributed by atoms with Crippen LogP contribution in [0.3, 0.4) is 0 Å². The Bertz CT molecular complexity index is 644. The lowest BCUT2D eigenvalue weighted by Gasteiger charge is -2.46. The Morgan fingerprint density at radius 3 is 2.63 bits per heavy atom. The normalized spacial score (nSPS) is 24.9. The van der Waals surface area contributed by atoms with Gasteiger partial charge >= 0.3 is 0 Å². The maximum absolute atomic E-state index is 13.0. The average Bonchev–Trinajstić information content (AvgIpc) is 2.68. The van der Waals surface area contributed by atoms with Crippen molar-refractivity contribution in [1.82, 2.24) is 14.7 Å². The number of rotatable bonds is 5. The number of carbonyl (C=O) groups is 1. The van der Waals surface area contributed by atoms with Crippen LogP contribution in [0.5, 0.6) is 5.75 Å². The summed E-state index contributed by atoms with van der Waals surface area (Å²) in [6, 6.07) is 5.66. The molecule has 0 bridgehead atoms. The van der Waals surface area contributed by atoms with E-state index >= 15 is 0 Å². The maximum Gasteiger partial charge on any atom is 0.257 e. The molecule has 150 valence electrons. The molecule has 6 heteroatoms. The molecule has 0 saturated carbocycles. The van der Waals surface area contributed by atoms with Gasteiger partial charge in [-0.1, -0.05) is 11.6 Å². The van der Waals surface area contributed by atoms with E-state index in [1.165, 1.54) is 0 Å². The van der Waals surface area contributed by atoms with Crippen molar-refractivity contribution in [2.75, 3.05) is 52.9 Å². The van der Waals surface area contributed by atoms with E-state index in [0.717, 1.165) is 57.5 Å². The molecule has 0 radical (unpaired) electrons. The molecule has 0 spiro atoms. The number of aryl methyl sites for hydroxylation is 1. The third-order valence-corrected chi connectivity index (χ3v) is 6.10. The molecular formula is C21H33N3O3. The van der Waals surface area contributed by atoms with Gasteiger partial charge in [0.25, 0.3) is 5.91 Å². The summed E-state index contributed by atoms with van der Waals surface area (Å²) < 4.78 is 0. The van der Waals surface area contributed by atoms with Crippen LogP contribution in [0.25, 0.3) is 0 Å². The summed E-state index contributed by atoms with van der Waals surface area (Å²) in [5, 5.41) is 19.4. The largest absolute Gasteiger partial charge is 0.507 e. The van der Waals surface area contributed by atoms with Crippen LogP contribution in [0.2, 0.25) is 0 Å². The zero-order valence-corrected chi connectivity index (χ0v) is 16.6. The first-order valence-corrected chi connectivity index (χ1v) is 10.1. The molecule has 2 saturated heterocycles. The van der Waals surface area contributed by atoms with E-state index in [4.69, 9.17) is 0 Å². The molecule has 2 aliphatic rings. The summed E-state index contributed by atoms with van der Waals surface area (Å²) in [5.74, 6) is 0.339. The van der Waals surface area contributed by atoms with E-state index in [0.29, 0.717) is 24.1 Å². The highest BCUT2D eigenvalue weighted by molar-refractivity contribution is 5.97. The third-order valence-electron chi connectivity index (χ3n) is 6.10. The predicted octanol–water partition coefficient (Wildman–Crippen LogP) is 1.55. The fourth-order valence-electron chi connectivity index (χ4n) is 4.47. The van der Waals surface area contributed by atoms with Gasteiger partial charge < -0.3 is 20.0 Å². The van der Waals surface area contributed by atoms with E-state index < -0.39 is 0 Å². The molecule has 1 aromatic carbocycles. The molecule has 2 aliphatic heterocycles. The molecule has 1 amide bonds. The van der Waals surface area contributed by atoms with Crippen molar-refractivity contribution in [3.63, 3.8) is 0 Å². The smallest absolute Gasteiger partial charge is 0.257 e. The predicted molar refractivity (Wildman–Crippen MR) is 106 cm³/mol.